The van der Waals surface area contributed by atoms with Crippen LogP contribution in [0, 0.1) is 11.2 Å². The first kappa shape index (κ1) is 27.0. The second-order valence-corrected chi connectivity index (χ2v) is 10.9. The van der Waals surface area contributed by atoms with Crippen LogP contribution in [0.2, 0.25) is 0 Å². The molecule has 7 nitrogen and oxygen atoms in total. The third kappa shape index (κ3) is 5.33. The fourth-order valence-electron chi connectivity index (χ4n) is 6.22. The normalized spacial score (nSPS) is 21.8. The van der Waals surface area contributed by atoms with Crippen molar-refractivity contribution in [2.24, 2.45) is 5.41 Å². The van der Waals surface area contributed by atoms with E-state index in [1.165, 1.54) is 18.2 Å². The van der Waals surface area contributed by atoms with E-state index in [2.05, 4.69) is 0 Å². The quantitative estimate of drug-likeness (QED) is 0.542. The zero-order chi connectivity index (χ0) is 27.8. The van der Waals surface area contributed by atoms with E-state index >= 15 is 0 Å². The summed E-state index contributed by atoms with van der Waals surface area (Å²) < 4.78 is 43.5. The Bertz CT molecular complexity index is 1260. The number of carbonyl (C=O) groups excluding carboxylic acids is 2. The number of carboxylic acid groups (broad SMARTS) is 1. The number of carbonyl (C=O) groups is 3. The summed E-state index contributed by atoms with van der Waals surface area (Å²) in [7, 11) is 0. The molecule has 2 fully saturated rings. The van der Waals surface area contributed by atoms with E-state index in [9.17, 15) is 32.7 Å². The number of benzene rings is 2. The fraction of sp³-hybridized carbons (Fsp3) is 0.483. The minimum atomic E-state index is -2.99. The van der Waals surface area contributed by atoms with Crippen molar-refractivity contribution in [2.45, 2.75) is 63.3 Å². The van der Waals surface area contributed by atoms with Gasteiger partial charge in [0.15, 0.2) is 0 Å². The van der Waals surface area contributed by atoms with Crippen LogP contribution < -0.4 is 9.80 Å². The first-order chi connectivity index (χ1) is 18.6. The number of alkyl halides is 2. The summed E-state index contributed by atoms with van der Waals surface area (Å²) in [5.41, 5.74) is 0.316. The van der Waals surface area contributed by atoms with Crippen LogP contribution in [0.3, 0.4) is 0 Å². The number of anilines is 2. The summed E-state index contributed by atoms with van der Waals surface area (Å²) >= 11 is 0. The molecular formula is C29H32F3N3O4. The number of halogens is 3. The Balaban J connectivity index is 1.34. The Morgan fingerprint density at radius 2 is 1.67 bits per heavy atom. The Labute approximate surface area is 225 Å². The van der Waals surface area contributed by atoms with Gasteiger partial charge in [-0.15, -0.1) is 0 Å². The van der Waals surface area contributed by atoms with Crippen LogP contribution in [0.1, 0.15) is 50.5 Å². The Hall–Kier alpha value is -3.56. The molecule has 2 aromatic rings. The fourth-order valence-corrected chi connectivity index (χ4v) is 6.22. The summed E-state index contributed by atoms with van der Waals surface area (Å²) in [4.78, 5) is 43.9. The lowest BCUT2D eigenvalue weighted by atomic mass is 9.75. The van der Waals surface area contributed by atoms with Crippen molar-refractivity contribution in [3.8, 4) is 0 Å². The lowest BCUT2D eigenvalue weighted by molar-refractivity contribution is -0.154. The molecule has 1 atom stereocenters. The molecule has 1 N–H and O–H groups in total. The van der Waals surface area contributed by atoms with Crippen molar-refractivity contribution in [3.63, 3.8) is 0 Å². The van der Waals surface area contributed by atoms with Crippen LogP contribution in [-0.2, 0) is 16.0 Å². The smallest absolute Gasteiger partial charge is 0.324 e. The molecule has 0 radical (unpaired) electrons. The predicted molar refractivity (Wildman–Crippen MR) is 139 cm³/mol. The van der Waals surface area contributed by atoms with E-state index in [1.807, 2.05) is 24.3 Å². The van der Waals surface area contributed by atoms with Crippen LogP contribution in [0.4, 0.5) is 29.3 Å². The van der Waals surface area contributed by atoms with E-state index in [4.69, 9.17) is 0 Å². The van der Waals surface area contributed by atoms with E-state index in [0.29, 0.717) is 6.54 Å². The zero-order valence-electron chi connectivity index (χ0n) is 21.6. The maximum absolute atomic E-state index is 14.8. The summed E-state index contributed by atoms with van der Waals surface area (Å²) in [6.07, 6.45) is -0.114. The summed E-state index contributed by atoms with van der Waals surface area (Å²) in [5, 5.41) is 10.2. The minimum absolute atomic E-state index is 0.0290. The van der Waals surface area contributed by atoms with Crippen molar-refractivity contribution < 1.29 is 32.7 Å². The first-order valence-corrected chi connectivity index (χ1v) is 13.4. The molecule has 1 aliphatic carbocycles. The molecule has 10 heteroatoms. The monoisotopic (exact) mass is 543 g/mol. The molecule has 3 aliphatic rings. The van der Waals surface area contributed by atoms with Gasteiger partial charge < -0.3 is 14.9 Å². The summed E-state index contributed by atoms with van der Waals surface area (Å²) in [5.74, 6) is -5.59. The van der Waals surface area contributed by atoms with Crippen molar-refractivity contribution in [1.82, 2.24) is 4.90 Å². The highest BCUT2D eigenvalue weighted by atomic mass is 19.3. The van der Waals surface area contributed by atoms with Crippen LogP contribution >= 0.6 is 0 Å². The van der Waals surface area contributed by atoms with Gasteiger partial charge in [0, 0.05) is 50.6 Å². The van der Waals surface area contributed by atoms with Crippen LogP contribution in [0.5, 0.6) is 0 Å². The van der Waals surface area contributed by atoms with Gasteiger partial charge in [0.05, 0.1) is 11.1 Å². The highest BCUT2D eigenvalue weighted by molar-refractivity contribution is 5.97. The highest BCUT2D eigenvalue weighted by Gasteiger charge is 2.48. The van der Waals surface area contributed by atoms with Crippen molar-refractivity contribution in [3.05, 3.63) is 59.9 Å². The number of nitrogens with zero attached hydrogens (tertiary/aromatic N) is 3. The number of amides is 3. The number of hydrogen-bond donors (Lipinski definition) is 1. The standard InChI is InChI=1S/C29H32F3N3O4/c30-22-8-2-4-10-24(22)35(21-7-5-12-29(31,32)18-21)25(36)19-28(26(37)38)13-16-33(17-14-28)27(39)34-15-11-20-6-1-3-9-23(20)34/h1-4,6,8-10,21H,5,7,11-19H2,(H,37,38)/t21-/m1/s1. The van der Waals surface area contributed by atoms with Gasteiger partial charge in [-0.25, -0.2) is 18.0 Å². The Kier molecular flexibility index (Phi) is 7.31. The van der Waals surface area contributed by atoms with Gasteiger partial charge in [0.25, 0.3) is 0 Å². The number of piperidine rings is 1. The minimum Gasteiger partial charge on any atom is -0.481 e. The van der Waals surface area contributed by atoms with E-state index < -0.39 is 47.9 Å². The van der Waals surface area contributed by atoms with Gasteiger partial charge in [0.1, 0.15) is 5.82 Å². The number of urea groups is 1. The number of likely N-dealkylation sites (tertiary alicyclic amines) is 1. The maximum atomic E-state index is 14.8. The zero-order valence-corrected chi connectivity index (χ0v) is 21.6. The number of hydrogen-bond acceptors (Lipinski definition) is 3. The molecule has 2 aromatic carbocycles. The lowest BCUT2D eigenvalue weighted by Crippen LogP contribution is -2.53. The molecule has 0 bridgehead atoms. The molecule has 208 valence electrons. The average molecular weight is 544 g/mol. The SMILES string of the molecule is O=C(N1CCC(CC(=O)N(c2ccccc2F)[C@@H]2CCCC(F)(F)C2)(C(=O)O)CC1)N1CCc2ccccc21. The maximum Gasteiger partial charge on any atom is 0.324 e. The van der Waals surface area contributed by atoms with Crippen LogP contribution in [0.15, 0.2) is 48.5 Å². The number of para-hydroxylation sites is 2. The molecule has 2 heterocycles. The summed E-state index contributed by atoms with van der Waals surface area (Å²) in [6.45, 7) is 0.817. The molecule has 1 saturated carbocycles. The first-order valence-electron chi connectivity index (χ1n) is 13.4. The van der Waals surface area contributed by atoms with Crippen molar-refractivity contribution in [1.29, 1.82) is 0 Å². The Morgan fingerprint density at radius 1 is 0.974 bits per heavy atom. The topological polar surface area (TPSA) is 81.2 Å². The number of fused-ring (bicyclic) bond motifs is 1. The molecule has 0 unspecified atom stereocenters. The van der Waals surface area contributed by atoms with Crippen molar-refractivity contribution >= 4 is 29.3 Å². The third-order valence-electron chi connectivity index (χ3n) is 8.41. The van der Waals surface area contributed by atoms with Gasteiger partial charge in [-0.2, -0.15) is 0 Å². The molecule has 1 saturated heterocycles. The second kappa shape index (κ2) is 10.5. The van der Waals surface area contributed by atoms with Gasteiger partial charge in [0.2, 0.25) is 11.8 Å². The lowest BCUT2D eigenvalue weighted by Gasteiger charge is -2.42. The molecule has 0 aromatic heterocycles. The van der Waals surface area contributed by atoms with Crippen LogP contribution in [-0.4, -0.2) is 59.5 Å². The molecular weight excluding hydrogens is 511 g/mol. The largest absolute Gasteiger partial charge is 0.481 e. The number of rotatable bonds is 5. The predicted octanol–water partition coefficient (Wildman–Crippen LogP) is 5.48. The third-order valence-corrected chi connectivity index (χ3v) is 8.41. The molecule has 5 rings (SSSR count). The van der Waals surface area contributed by atoms with E-state index in [-0.39, 0.29) is 56.9 Å². The van der Waals surface area contributed by atoms with Gasteiger partial charge in [-0.05, 0) is 55.9 Å². The Morgan fingerprint density at radius 3 is 2.36 bits per heavy atom. The molecule has 3 amide bonds. The van der Waals surface area contributed by atoms with E-state index in [1.54, 1.807) is 9.80 Å². The molecule has 2 aliphatic heterocycles. The van der Waals surface area contributed by atoms with Crippen molar-refractivity contribution in [2.75, 3.05) is 29.4 Å². The molecule has 39 heavy (non-hydrogen) atoms. The van der Waals surface area contributed by atoms with Gasteiger partial charge >= 0.3 is 12.0 Å². The van der Waals surface area contributed by atoms with Gasteiger partial charge in [-0.1, -0.05) is 30.3 Å². The van der Waals surface area contributed by atoms with Gasteiger partial charge in [-0.3, -0.25) is 14.5 Å². The summed E-state index contributed by atoms with van der Waals surface area (Å²) in [6, 6.07) is 12.0. The van der Waals surface area contributed by atoms with Crippen LogP contribution in [0.25, 0.3) is 0 Å². The number of aliphatic carboxylic acids is 1. The highest BCUT2D eigenvalue weighted by Crippen LogP contribution is 2.41. The average Bonchev–Trinajstić information content (AvgIpc) is 3.33. The molecule has 0 spiro atoms. The number of carboxylic acids is 1. The van der Waals surface area contributed by atoms with E-state index in [0.717, 1.165) is 28.6 Å². The second-order valence-electron chi connectivity index (χ2n) is 10.9.